The molecule has 0 saturated heterocycles. The minimum Gasteiger partial charge on any atom is -0.437 e. The lowest BCUT2D eigenvalue weighted by molar-refractivity contribution is 0.462. The highest BCUT2D eigenvalue weighted by Gasteiger charge is 2.20. The summed E-state index contributed by atoms with van der Waals surface area (Å²) in [4.78, 5) is 4.21. The number of halogens is 3. The molecule has 0 unspecified atom stereocenters. The molecule has 110 valence electrons. The van der Waals surface area contributed by atoms with Crippen LogP contribution in [0.4, 0.5) is 0 Å². The molecule has 21 heavy (non-hydrogen) atoms. The van der Waals surface area contributed by atoms with Gasteiger partial charge in [0.15, 0.2) is 0 Å². The Kier molecular flexibility index (Phi) is 4.69. The van der Waals surface area contributed by atoms with Crippen LogP contribution in [-0.4, -0.2) is 11.0 Å². The van der Waals surface area contributed by atoms with Gasteiger partial charge in [0.05, 0.1) is 10.0 Å². The van der Waals surface area contributed by atoms with E-state index in [9.17, 15) is 0 Å². The molecule has 6 heteroatoms. The molecule has 1 N–H and O–H groups in total. The van der Waals surface area contributed by atoms with Crippen LogP contribution in [0.1, 0.15) is 18.4 Å². The first-order valence-corrected chi connectivity index (χ1v) is 8.17. The molecule has 1 fully saturated rings. The number of nitrogens with zero attached hydrogens (tertiary/aromatic N) is 1. The van der Waals surface area contributed by atoms with Crippen molar-refractivity contribution >= 4 is 39.1 Å². The molecule has 0 amide bonds. The smallest absolute Gasteiger partial charge is 0.219 e. The van der Waals surface area contributed by atoms with Crippen molar-refractivity contribution in [2.24, 2.45) is 0 Å². The Labute approximate surface area is 141 Å². The predicted octanol–water partition coefficient (Wildman–Crippen LogP) is 5.20. The minimum absolute atomic E-state index is 0.481. The molecule has 1 aliphatic rings. The van der Waals surface area contributed by atoms with Crippen molar-refractivity contribution in [1.29, 1.82) is 0 Å². The Morgan fingerprint density at radius 1 is 1.24 bits per heavy atom. The molecule has 1 heterocycles. The topological polar surface area (TPSA) is 34.1 Å². The number of benzene rings is 1. The highest BCUT2D eigenvalue weighted by Crippen LogP contribution is 2.36. The van der Waals surface area contributed by atoms with E-state index in [-0.39, 0.29) is 0 Å². The number of aromatic nitrogens is 1. The molecule has 0 bridgehead atoms. The van der Waals surface area contributed by atoms with Gasteiger partial charge in [-0.15, -0.1) is 0 Å². The van der Waals surface area contributed by atoms with Crippen LogP contribution in [0.15, 0.2) is 34.9 Å². The molecule has 3 nitrogen and oxygen atoms in total. The average molecular weight is 388 g/mol. The van der Waals surface area contributed by atoms with Gasteiger partial charge in [0.1, 0.15) is 5.75 Å². The zero-order valence-electron chi connectivity index (χ0n) is 11.1. The largest absolute Gasteiger partial charge is 0.437 e. The third-order valence-corrected chi connectivity index (χ3v) is 4.65. The van der Waals surface area contributed by atoms with E-state index < -0.39 is 0 Å². The monoisotopic (exact) mass is 386 g/mol. The van der Waals surface area contributed by atoms with E-state index in [2.05, 4.69) is 26.2 Å². The molecule has 1 aromatic carbocycles. The lowest BCUT2D eigenvalue weighted by Crippen LogP contribution is -2.15. The minimum atomic E-state index is 0.481. The van der Waals surface area contributed by atoms with E-state index in [0.29, 0.717) is 27.7 Å². The summed E-state index contributed by atoms with van der Waals surface area (Å²) in [5, 5.41) is 4.48. The Morgan fingerprint density at radius 3 is 2.81 bits per heavy atom. The quantitative estimate of drug-likeness (QED) is 0.716. The average Bonchev–Trinajstić information content (AvgIpc) is 3.27. The lowest BCUT2D eigenvalue weighted by atomic mass is 10.2. The van der Waals surface area contributed by atoms with E-state index in [4.69, 9.17) is 27.9 Å². The summed E-state index contributed by atoms with van der Waals surface area (Å²) in [7, 11) is 0. The summed E-state index contributed by atoms with van der Waals surface area (Å²) >= 11 is 15.5. The van der Waals surface area contributed by atoms with Gasteiger partial charge in [-0.05, 0) is 46.5 Å². The van der Waals surface area contributed by atoms with Crippen molar-refractivity contribution in [2.45, 2.75) is 25.4 Å². The predicted molar refractivity (Wildman–Crippen MR) is 88.3 cm³/mol. The van der Waals surface area contributed by atoms with Gasteiger partial charge < -0.3 is 10.1 Å². The normalized spacial score (nSPS) is 14.2. The molecule has 0 atom stereocenters. The third-order valence-electron chi connectivity index (χ3n) is 3.16. The van der Waals surface area contributed by atoms with E-state index in [1.54, 1.807) is 18.3 Å². The van der Waals surface area contributed by atoms with E-state index >= 15 is 0 Å². The van der Waals surface area contributed by atoms with Crippen LogP contribution in [0.3, 0.4) is 0 Å². The van der Waals surface area contributed by atoms with Crippen molar-refractivity contribution in [3.8, 4) is 11.6 Å². The maximum Gasteiger partial charge on any atom is 0.219 e. The maximum absolute atomic E-state index is 6.15. The third kappa shape index (κ3) is 4.10. The van der Waals surface area contributed by atoms with Gasteiger partial charge in [-0.2, -0.15) is 0 Å². The number of hydrogen-bond donors (Lipinski definition) is 1. The second kappa shape index (κ2) is 6.53. The van der Waals surface area contributed by atoms with Crippen LogP contribution in [0.25, 0.3) is 0 Å². The molecule has 3 rings (SSSR count). The highest BCUT2D eigenvalue weighted by atomic mass is 79.9. The summed E-state index contributed by atoms with van der Waals surface area (Å²) < 4.78 is 6.47. The number of ether oxygens (including phenoxy) is 1. The molecule has 1 saturated carbocycles. The van der Waals surface area contributed by atoms with Crippen LogP contribution >= 0.6 is 39.1 Å². The van der Waals surface area contributed by atoms with Crippen LogP contribution in [0, 0.1) is 0 Å². The maximum atomic E-state index is 6.15. The van der Waals surface area contributed by atoms with Gasteiger partial charge in [0.25, 0.3) is 0 Å². The van der Waals surface area contributed by atoms with Crippen molar-refractivity contribution < 1.29 is 4.74 Å². The van der Waals surface area contributed by atoms with Crippen molar-refractivity contribution in [1.82, 2.24) is 10.3 Å². The first-order chi connectivity index (χ1) is 10.1. The fourth-order valence-corrected chi connectivity index (χ4v) is 2.69. The van der Waals surface area contributed by atoms with Crippen molar-refractivity contribution in [3.63, 3.8) is 0 Å². The summed E-state index contributed by atoms with van der Waals surface area (Å²) in [5.74, 6) is 0.995. The molecular weight excluding hydrogens is 375 g/mol. The van der Waals surface area contributed by atoms with Gasteiger partial charge in [0.2, 0.25) is 5.88 Å². The Hall–Kier alpha value is -0.810. The van der Waals surface area contributed by atoms with Gasteiger partial charge in [-0.1, -0.05) is 23.2 Å². The summed E-state index contributed by atoms with van der Waals surface area (Å²) in [6, 6.07) is 7.92. The van der Waals surface area contributed by atoms with Gasteiger partial charge in [-0.25, -0.2) is 4.98 Å². The first kappa shape index (κ1) is 15.1. The lowest BCUT2D eigenvalue weighted by Gasteiger charge is -2.09. The second-order valence-electron chi connectivity index (χ2n) is 4.96. The summed E-state index contributed by atoms with van der Waals surface area (Å²) in [6.07, 6.45) is 4.26. The van der Waals surface area contributed by atoms with Crippen LogP contribution in [0.2, 0.25) is 10.0 Å². The number of nitrogens with one attached hydrogen (secondary N) is 1. The second-order valence-corrected chi connectivity index (χ2v) is 6.63. The fraction of sp³-hybridized carbons (Fsp3) is 0.267. The first-order valence-electron chi connectivity index (χ1n) is 6.62. The summed E-state index contributed by atoms with van der Waals surface area (Å²) in [6.45, 7) is 0.818. The van der Waals surface area contributed by atoms with Gasteiger partial charge >= 0.3 is 0 Å². The zero-order valence-corrected chi connectivity index (χ0v) is 14.2. The number of rotatable bonds is 5. The number of pyridine rings is 1. The molecule has 0 aliphatic heterocycles. The molecular formula is C15H13BrCl2N2O. The molecule has 0 radical (unpaired) electrons. The van der Waals surface area contributed by atoms with Gasteiger partial charge in [-0.3, -0.25) is 0 Å². The van der Waals surface area contributed by atoms with Gasteiger partial charge in [0, 0.05) is 35.4 Å². The van der Waals surface area contributed by atoms with Crippen molar-refractivity contribution in [2.75, 3.05) is 0 Å². The Morgan fingerprint density at radius 2 is 2.05 bits per heavy atom. The van der Waals surface area contributed by atoms with Crippen LogP contribution < -0.4 is 10.1 Å². The van der Waals surface area contributed by atoms with Crippen molar-refractivity contribution in [3.05, 3.63) is 50.5 Å². The zero-order chi connectivity index (χ0) is 14.8. The standard InChI is InChI=1S/C15H13BrCl2N2O/c16-11-6-13(18)14(7-12(11)17)21-15-5-9(3-4-19-15)8-20-10-1-2-10/h3-7,10,20H,1-2,8H2. The van der Waals surface area contributed by atoms with Crippen LogP contribution in [0.5, 0.6) is 11.6 Å². The SMILES string of the molecule is Clc1cc(Oc2cc(CNC3CC3)ccn2)c(Cl)cc1Br. The highest BCUT2D eigenvalue weighted by molar-refractivity contribution is 9.10. The van der Waals surface area contributed by atoms with E-state index in [0.717, 1.165) is 16.6 Å². The van der Waals surface area contributed by atoms with Crippen LogP contribution in [-0.2, 0) is 6.54 Å². The molecule has 0 spiro atoms. The van der Waals surface area contributed by atoms with E-state index in [1.165, 1.54) is 12.8 Å². The Bertz CT molecular complexity index is 662. The van der Waals surface area contributed by atoms with E-state index in [1.807, 2.05) is 12.1 Å². The molecule has 1 aromatic heterocycles. The Balaban J connectivity index is 1.74. The summed E-state index contributed by atoms with van der Waals surface area (Å²) in [5.41, 5.74) is 1.13. The molecule has 2 aromatic rings. The molecule has 1 aliphatic carbocycles. The fourth-order valence-electron chi connectivity index (χ4n) is 1.86. The number of hydrogen-bond acceptors (Lipinski definition) is 3.